The van der Waals surface area contributed by atoms with Gasteiger partial charge in [0.25, 0.3) is 0 Å². The predicted molar refractivity (Wildman–Crippen MR) is 114 cm³/mol. The second-order valence-corrected chi connectivity index (χ2v) is 10.0. The summed E-state index contributed by atoms with van der Waals surface area (Å²) in [6, 6.07) is 5.69. The fraction of sp³-hybridized carbons (Fsp3) is 0.560. The van der Waals surface area contributed by atoms with Gasteiger partial charge < -0.3 is 19.0 Å². The zero-order valence-corrected chi connectivity index (χ0v) is 18.3. The van der Waals surface area contributed by atoms with Gasteiger partial charge in [0.2, 0.25) is 5.79 Å². The third-order valence-corrected chi connectivity index (χ3v) is 7.44. The zero-order chi connectivity index (χ0) is 21.4. The molecule has 6 atom stereocenters. The number of rotatable bonds is 2. The first-order valence-electron chi connectivity index (χ1n) is 11.0. The van der Waals surface area contributed by atoms with E-state index in [0.29, 0.717) is 28.7 Å². The number of hydrogen-bond donors (Lipinski definition) is 1. The molecule has 0 amide bonds. The van der Waals surface area contributed by atoms with Crippen molar-refractivity contribution in [3.8, 4) is 5.75 Å². The van der Waals surface area contributed by atoms with Gasteiger partial charge in [-0.05, 0) is 62.7 Å². The number of hydrogen-bond acceptors (Lipinski definition) is 5. The van der Waals surface area contributed by atoms with Crippen molar-refractivity contribution in [3.05, 3.63) is 51.9 Å². The van der Waals surface area contributed by atoms with Crippen LogP contribution in [0.4, 0.5) is 0 Å². The third-order valence-electron chi connectivity index (χ3n) is 7.44. The largest absolute Gasteiger partial charge is 0.457 e. The highest BCUT2D eigenvalue weighted by molar-refractivity contribution is 5.88. The molecule has 5 nitrogen and oxygen atoms in total. The van der Waals surface area contributed by atoms with Crippen molar-refractivity contribution in [1.82, 2.24) is 0 Å². The van der Waals surface area contributed by atoms with Crippen LogP contribution in [0.1, 0.15) is 57.8 Å². The van der Waals surface area contributed by atoms with Crippen molar-refractivity contribution in [1.29, 1.82) is 0 Å². The zero-order valence-electron chi connectivity index (χ0n) is 18.3. The van der Waals surface area contributed by atoms with Crippen LogP contribution in [0.2, 0.25) is 0 Å². The molecule has 0 radical (unpaired) electrons. The first kappa shape index (κ1) is 19.8. The summed E-state index contributed by atoms with van der Waals surface area (Å²) in [6.07, 6.45) is 5.43. The second-order valence-electron chi connectivity index (χ2n) is 10.0. The molecule has 1 aromatic carbocycles. The molecule has 2 aromatic rings. The highest BCUT2D eigenvalue weighted by Crippen LogP contribution is 2.61. The van der Waals surface area contributed by atoms with Crippen molar-refractivity contribution in [3.63, 3.8) is 0 Å². The number of aliphatic hydroxyl groups is 1. The van der Waals surface area contributed by atoms with Crippen LogP contribution in [-0.2, 0) is 4.74 Å². The van der Waals surface area contributed by atoms with Crippen LogP contribution in [0.15, 0.2) is 39.6 Å². The van der Waals surface area contributed by atoms with E-state index in [4.69, 9.17) is 13.9 Å². The van der Waals surface area contributed by atoms with Gasteiger partial charge in [-0.25, -0.2) is 4.79 Å². The molecule has 3 aliphatic rings. The summed E-state index contributed by atoms with van der Waals surface area (Å²) in [5.74, 6) is 0.728. The molecule has 2 fully saturated rings. The standard InChI is InChI=1S/C25H30O5/c1-13-7-6-8-17-19(13)22-20(23(26)28-17)21-18-14(2)9-10-16(18)15(3)25(29-21,30-22)12-11-24(4,5)27/h6-8,11-12,14-16,18,21,27H,9-10H2,1-5H3/b12-11+/t14-,15+,16+,18+,21-,25?/m0/s1. The molecule has 160 valence electrons. The Morgan fingerprint density at radius 2 is 2.00 bits per heavy atom. The maximum absolute atomic E-state index is 13.1. The minimum atomic E-state index is -1.02. The van der Waals surface area contributed by atoms with Gasteiger partial charge in [0.1, 0.15) is 23.0 Å². The second kappa shape index (κ2) is 6.44. The Kier molecular flexibility index (Phi) is 4.26. The number of fused-ring (bicyclic) bond motifs is 8. The maximum atomic E-state index is 13.1. The summed E-state index contributed by atoms with van der Waals surface area (Å²) in [7, 11) is 0. The Balaban J connectivity index is 1.80. The fourth-order valence-corrected chi connectivity index (χ4v) is 5.87. The lowest BCUT2D eigenvalue weighted by Gasteiger charge is -2.53. The normalized spacial score (nSPS) is 35.3. The highest BCUT2D eigenvalue weighted by atomic mass is 16.7. The molecule has 2 bridgehead atoms. The van der Waals surface area contributed by atoms with E-state index < -0.39 is 11.4 Å². The number of ether oxygens (including phenoxy) is 2. The molecule has 5 heteroatoms. The summed E-state index contributed by atoms with van der Waals surface area (Å²) >= 11 is 0. The van der Waals surface area contributed by atoms with E-state index in [0.717, 1.165) is 23.8 Å². The molecule has 1 aromatic heterocycles. The molecule has 3 heterocycles. The smallest absolute Gasteiger partial charge is 0.345 e. The van der Waals surface area contributed by atoms with Gasteiger partial charge in [-0.3, -0.25) is 0 Å². The molecule has 0 spiro atoms. The maximum Gasteiger partial charge on any atom is 0.345 e. The SMILES string of the molecule is Cc1cccc2oc(=O)c3c(c12)OC1(/C=C/C(C)(C)O)O[C@H]3[C@H]2[C@H](CC[C@@H]2C)[C@H]1C. The number of aryl methyl sites for hydroxylation is 1. The minimum absolute atomic E-state index is 0.0850. The Labute approximate surface area is 176 Å². The topological polar surface area (TPSA) is 68.9 Å². The van der Waals surface area contributed by atoms with Crippen LogP contribution in [-0.4, -0.2) is 16.5 Å². The van der Waals surface area contributed by atoms with Gasteiger partial charge in [0.05, 0.1) is 11.0 Å². The molecule has 1 N–H and O–H groups in total. The molecule has 30 heavy (non-hydrogen) atoms. The van der Waals surface area contributed by atoms with Crippen LogP contribution in [0.5, 0.6) is 5.75 Å². The quantitative estimate of drug-likeness (QED) is 0.564. The van der Waals surface area contributed by atoms with Gasteiger partial charge in [-0.2, -0.15) is 0 Å². The van der Waals surface area contributed by atoms with Gasteiger partial charge in [0, 0.05) is 5.92 Å². The Morgan fingerprint density at radius 1 is 1.23 bits per heavy atom. The van der Waals surface area contributed by atoms with Crippen LogP contribution >= 0.6 is 0 Å². The van der Waals surface area contributed by atoms with Gasteiger partial charge in [-0.1, -0.05) is 38.5 Å². The van der Waals surface area contributed by atoms with Crippen molar-refractivity contribution >= 4 is 11.0 Å². The molecular weight excluding hydrogens is 380 g/mol. The van der Waals surface area contributed by atoms with E-state index in [9.17, 15) is 9.90 Å². The van der Waals surface area contributed by atoms with E-state index in [2.05, 4.69) is 13.8 Å². The van der Waals surface area contributed by atoms with Crippen molar-refractivity contribution in [2.45, 2.75) is 65.0 Å². The lowest BCUT2D eigenvalue weighted by molar-refractivity contribution is -0.285. The van der Waals surface area contributed by atoms with Crippen molar-refractivity contribution < 1.29 is 19.0 Å². The Morgan fingerprint density at radius 3 is 2.73 bits per heavy atom. The first-order chi connectivity index (χ1) is 14.1. The van der Waals surface area contributed by atoms with Crippen LogP contribution in [0.25, 0.3) is 11.0 Å². The van der Waals surface area contributed by atoms with E-state index in [1.807, 2.05) is 31.2 Å². The molecule has 2 aliphatic heterocycles. The molecule has 1 aliphatic carbocycles. The van der Waals surface area contributed by atoms with Gasteiger partial charge in [0.15, 0.2) is 0 Å². The molecule has 1 unspecified atom stereocenters. The van der Waals surface area contributed by atoms with Crippen LogP contribution in [0, 0.1) is 30.6 Å². The van der Waals surface area contributed by atoms with E-state index in [1.165, 1.54) is 0 Å². The summed E-state index contributed by atoms with van der Waals surface area (Å²) in [6.45, 7) is 9.89. The van der Waals surface area contributed by atoms with Crippen LogP contribution in [0.3, 0.4) is 0 Å². The average molecular weight is 411 g/mol. The van der Waals surface area contributed by atoms with Gasteiger partial charge >= 0.3 is 5.63 Å². The van der Waals surface area contributed by atoms with E-state index in [1.54, 1.807) is 19.9 Å². The monoisotopic (exact) mass is 410 g/mol. The minimum Gasteiger partial charge on any atom is -0.457 e. The Bertz CT molecular complexity index is 1090. The van der Waals surface area contributed by atoms with Gasteiger partial charge in [-0.15, -0.1) is 0 Å². The van der Waals surface area contributed by atoms with Crippen molar-refractivity contribution in [2.75, 3.05) is 0 Å². The highest BCUT2D eigenvalue weighted by Gasteiger charge is 2.60. The summed E-state index contributed by atoms with van der Waals surface area (Å²) in [5, 5.41) is 11.2. The lowest BCUT2D eigenvalue weighted by Crippen LogP contribution is -2.57. The number of benzene rings is 1. The average Bonchev–Trinajstić information content (AvgIpc) is 3.05. The summed E-state index contributed by atoms with van der Waals surface area (Å²) in [4.78, 5) is 13.1. The molecule has 1 saturated carbocycles. The lowest BCUT2D eigenvalue weighted by atomic mass is 9.70. The molecule has 1 saturated heterocycles. The fourth-order valence-electron chi connectivity index (χ4n) is 5.87. The first-order valence-corrected chi connectivity index (χ1v) is 11.0. The summed E-state index contributed by atoms with van der Waals surface area (Å²) < 4.78 is 19.0. The summed E-state index contributed by atoms with van der Waals surface area (Å²) in [5.41, 5.74) is 0.673. The van der Waals surface area contributed by atoms with E-state index >= 15 is 0 Å². The molecular formula is C25H30O5. The Hall–Kier alpha value is -2.11. The van der Waals surface area contributed by atoms with Crippen LogP contribution < -0.4 is 10.4 Å². The van der Waals surface area contributed by atoms with Crippen molar-refractivity contribution in [2.24, 2.45) is 23.7 Å². The third kappa shape index (κ3) is 2.78. The molecule has 5 rings (SSSR count). The van der Waals surface area contributed by atoms with E-state index in [-0.39, 0.29) is 23.6 Å². The predicted octanol–water partition coefficient (Wildman–Crippen LogP) is 4.89.